The molecule has 0 spiro atoms. The van der Waals surface area contributed by atoms with Gasteiger partial charge in [-0.1, -0.05) is 54.4 Å². The van der Waals surface area contributed by atoms with Crippen molar-refractivity contribution in [3.05, 3.63) is 65.2 Å². The van der Waals surface area contributed by atoms with Gasteiger partial charge in [-0.25, -0.2) is 8.42 Å². The predicted molar refractivity (Wildman–Crippen MR) is 146 cm³/mol. The van der Waals surface area contributed by atoms with Crippen molar-refractivity contribution in [2.75, 3.05) is 17.1 Å². The van der Waals surface area contributed by atoms with Gasteiger partial charge in [0.2, 0.25) is 21.8 Å². The number of nitrogens with zero attached hydrogens (tertiary/aromatic N) is 2. The number of nitrogens with one attached hydrogen (secondary N) is 1. The molecule has 1 unspecified atom stereocenters. The molecule has 1 atom stereocenters. The summed E-state index contributed by atoms with van der Waals surface area (Å²) < 4.78 is 26.2. The molecule has 2 aromatic rings. The van der Waals surface area contributed by atoms with Crippen molar-refractivity contribution < 1.29 is 18.0 Å². The number of sulfonamides is 1. The smallest absolute Gasteiger partial charge is 0.243 e. The number of carbonyl (C=O) groups excluding carboxylic acids is 2. The number of rotatable bonds is 11. The van der Waals surface area contributed by atoms with Gasteiger partial charge in [0, 0.05) is 25.0 Å². The number of aryl methyl sites for hydroxylation is 2. The van der Waals surface area contributed by atoms with E-state index in [9.17, 15) is 18.0 Å². The number of benzene rings is 2. The van der Waals surface area contributed by atoms with Gasteiger partial charge < -0.3 is 10.2 Å². The molecule has 0 aromatic heterocycles. The molecule has 0 fully saturated rings. The fourth-order valence-electron chi connectivity index (χ4n) is 3.98. The number of hydrogen-bond acceptors (Lipinski definition) is 4. The lowest BCUT2D eigenvalue weighted by Gasteiger charge is -2.33. The highest BCUT2D eigenvalue weighted by atomic mass is 32.2. The van der Waals surface area contributed by atoms with Crippen LogP contribution in [0.4, 0.5) is 5.69 Å². The second kappa shape index (κ2) is 12.4. The number of anilines is 1. The minimum absolute atomic E-state index is 0.128. The molecular formula is C28H41N3O4S. The summed E-state index contributed by atoms with van der Waals surface area (Å²) in [5.41, 5.74) is 3.24. The monoisotopic (exact) mass is 515 g/mol. The lowest BCUT2D eigenvalue weighted by Crippen LogP contribution is -2.53. The summed E-state index contributed by atoms with van der Waals surface area (Å²) >= 11 is 0. The second-order valence-corrected chi connectivity index (χ2v) is 12.4. The zero-order valence-corrected chi connectivity index (χ0v) is 23.5. The maximum Gasteiger partial charge on any atom is 0.243 e. The molecule has 0 heterocycles. The Bertz CT molecular complexity index is 1120. The van der Waals surface area contributed by atoms with E-state index in [1.54, 1.807) is 17.0 Å². The largest absolute Gasteiger partial charge is 0.350 e. The van der Waals surface area contributed by atoms with Crippen LogP contribution in [0.1, 0.15) is 63.6 Å². The molecule has 0 aliphatic heterocycles. The molecular weight excluding hydrogens is 474 g/mol. The first-order valence-electron chi connectivity index (χ1n) is 12.4. The normalized spacial score (nSPS) is 12.6. The Labute approximate surface area is 216 Å². The number of carbonyl (C=O) groups is 2. The first-order valence-corrected chi connectivity index (χ1v) is 14.3. The first-order chi connectivity index (χ1) is 16.7. The molecule has 0 radical (unpaired) electrons. The SMILES string of the molecule is CCC(C(=O)NC(C)(C)C)N(Cc1ccc(C)cc1)C(=O)CCCN(c1ccc(C)cc1)S(C)(=O)=O. The van der Waals surface area contributed by atoms with Crippen LogP contribution in [0, 0.1) is 13.8 Å². The molecule has 2 rings (SSSR count). The predicted octanol–water partition coefficient (Wildman–Crippen LogP) is 4.57. The van der Waals surface area contributed by atoms with E-state index in [1.807, 2.05) is 77.9 Å². The highest BCUT2D eigenvalue weighted by molar-refractivity contribution is 7.92. The minimum atomic E-state index is -3.51. The zero-order chi connectivity index (χ0) is 27.1. The van der Waals surface area contributed by atoms with E-state index >= 15 is 0 Å². The van der Waals surface area contributed by atoms with Crippen molar-refractivity contribution in [1.82, 2.24) is 10.2 Å². The van der Waals surface area contributed by atoms with Crippen molar-refractivity contribution in [2.45, 2.75) is 78.9 Å². The zero-order valence-electron chi connectivity index (χ0n) is 22.7. The van der Waals surface area contributed by atoms with Crippen molar-refractivity contribution in [1.29, 1.82) is 0 Å². The molecule has 0 aliphatic carbocycles. The summed E-state index contributed by atoms with van der Waals surface area (Å²) in [6, 6.07) is 14.5. The first kappa shape index (κ1) is 29.4. The summed E-state index contributed by atoms with van der Waals surface area (Å²) in [5.74, 6) is -0.369. The van der Waals surface area contributed by atoms with E-state index in [1.165, 1.54) is 10.6 Å². The summed E-state index contributed by atoms with van der Waals surface area (Å²) in [6.45, 7) is 12.1. The number of hydrogen-bond donors (Lipinski definition) is 1. The van der Waals surface area contributed by atoms with Crippen molar-refractivity contribution in [2.24, 2.45) is 0 Å². The Morgan fingerprint density at radius 1 is 0.944 bits per heavy atom. The summed E-state index contributed by atoms with van der Waals surface area (Å²) in [5, 5.41) is 3.00. The quantitative estimate of drug-likeness (QED) is 0.475. The van der Waals surface area contributed by atoms with E-state index in [4.69, 9.17) is 0 Å². The van der Waals surface area contributed by atoms with Crippen LogP contribution in [0.3, 0.4) is 0 Å². The summed E-state index contributed by atoms with van der Waals surface area (Å²) in [6.07, 6.45) is 2.10. The molecule has 2 aromatic carbocycles. The molecule has 8 heteroatoms. The molecule has 7 nitrogen and oxygen atoms in total. The van der Waals surface area contributed by atoms with Gasteiger partial charge >= 0.3 is 0 Å². The lowest BCUT2D eigenvalue weighted by molar-refractivity contribution is -0.142. The Hall–Kier alpha value is -2.87. The van der Waals surface area contributed by atoms with Gasteiger partial charge in [0.05, 0.1) is 11.9 Å². The van der Waals surface area contributed by atoms with Crippen LogP contribution in [-0.4, -0.2) is 49.5 Å². The van der Waals surface area contributed by atoms with Gasteiger partial charge in [0.15, 0.2) is 0 Å². The maximum atomic E-state index is 13.5. The third-order valence-electron chi connectivity index (χ3n) is 5.83. The van der Waals surface area contributed by atoms with Gasteiger partial charge in [-0.05, 0) is 65.2 Å². The molecule has 0 bridgehead atoms. The van der Waals surface area contributed by atoms with Crippen LogP contribution >= 0.6 is 0 Å². The van der Waals surface area contributed by atoms with Crippen LogP contribution in [0.15, 0.2) is 48.5 Å². The fourth-order valence-corrected chi connectivity index (χ4v) is 4.94. The highest BCUT2D eigenvalue weighted by Crippen LogP contribution is 2.20. The Kier molecular flexibility index (Phi) is 10.1. The van der Waals surface area contributed by atoms with Crippen LogP contribution < -0.4 is 9.62 Å². The maximum absolute atomic E-state index is 13.5. The Morgan fingerprint density at radius 2 is 1.47 bits per heavy atom. The second-order valence-electron chi connectivity index (χ2n) is 10.4. The van der Waals surface area contributed by atoms with Crippen molar-refractivity contribution >= 4 is 27.5 Å². The van der Waals surface area contributed by atoms with E-state index in [0.29, 0.717) is 25.1 Å². The van der Waals surface area contributed by atoms with Gasteiger partial charge in [-0.2, -0.15) is 0 Å². The Morgan fingerprint density at radius 3 is 1.94 bits per heavy atom. The number of amides is 2. The minimum Gasteiger partial charge on any atom is -0.350 e. The van der Waals surface area contributed by atoms with Crippen molar-refractivity contribution in [3.8, 4) is 0 Å². The van der Waals surface area contributed by atoms with Crippen LogP contribution in [-0.2, 0) is 26.2 Å². The molecule has 0 saturated heterocycles. The van der Waals surface area contributed by atoms with Crippen LogP contribution in [0.5, 0.6) is 0 Å². The van der Waals surface area contributed by atoms with Gasteiger partial charge in [0.25, 0.3) is 0 Å². The van der Waals surface area contributed by atoms with E-state index in [2.05, 4.69) is 5.32 Å². The average molecular weight is 516 g/mol. The topological polar surface area (TPSA) is 86.8 Å². The molecule has 2 amide bonds. The van der Waals surface area contributed by atoms with Crippen LogP contribution in [0.25, 0.3) is 0 Å². The third-order valence-corrected chi connectivity index (χ3v) is 7.03. The highest BCUT2D eigenvalue weighted by Gasteiger charge is 2.30. The van der Waals surface area contributed by atoms with Gasteiger partial charge in [-0.3, -0.25) is 13.9 Å². The van der Waals surface area contributed by atoms with E-state index in [-0.39, 0.29) is 24.8 Å². The van der Waals surface area contributed by atoms with Gasteiger partial charge in [-0.15, -0.1) is 0 Å². The lowest BCUT2D eigenvalue weighted by atomic mass is 10.0. The molecule has 36 heavy (non-hydrogen) atoms. The van der Waals surface area contributed by atoms with Crippen LogP contribution in [0.2, 0.25) is 0 Å². The van der Waals surface area contributed by atoms with E-state index < -0.39 is 21.6 Å². The Balaban J connectivity index is 2.22. The molecule has 0 aliphatic rings. The molecule has 0 saturated carbocycles. The standard InChI is InChI=1S/C28H41N3O4S/c1-8-25(27(33)29-28(4,5)6)30(20-23-15-11-21(2)12-16-23)26(32)10-9-19-31(36(7,34)35)24-17-13-22(3)14-18-24/h11-18,25H,8-10,19-20H2,1-7H3,(H,29,33). The third kappa shape index (κ3) is 8.97. The van der Waals surface area contributed by atoms with E-state index in [0.717, 1.165) is 16.7 Å². The molecule has 1 N–H and O–H groups in total. The van der Waals surface area contributed by atoms with Gasteiger partial charge in [0.1, 0.15) is 6.04 Å². The average Bonchev–Trinajstić information content (AvgIpc) is 2.76. The molecule has 198 valence electrons. The van der Waals surface area contributed by atoms with Crippen molar-refractivity contribution in [3.63, 3.8) is 0 Å². The summed E-state index contributed by atoms with van der Waals surface area (Å²) in [4.78, 5) is 28.2. The summed E-state index contributed by atoms with van der Waals surface area (Å²) in [7, 11) is -3.51. The fraction of sp³-hybridized carbons (Fsp3) is 0.500.